The molecule has 0 nitrogen and oxygen atoms in total. The van der Waals surface area contributed by atoms with Gasteiger partial charge in [0.15, 0.2) is 0 Å². The van der Waals surface area contributed by atoms with Crippen LogP contribution < -0.4 is 0 Å². The predicted molar refractivity (Wildman–Crippen MR) is 62.1 cm³/mol. The molecule has 0 aromatic heterocycles. The van der Waals surface area contributed by atoms with Crippen LogP contribution in [0.5, 0.6) is 0 Å². The van der Waals surface area contributed by atoms with Crippen molar-refractivity contribution in [1.29, 1.82) is 0 Å². The quantitative estimate of drug-likeness (QED) is 0.594. The second-order valence-corrected chi connectivity index (χ2v) is 5.67. The first kappa shape index (κ1) is 10.5. The van der Waals surface area contributed by atoms with E-state index in [1.807, 2.05) is 5.92 Å². The molecule has 0 aromatic rings. The molecule has 1 atom stereocenters. The Morgan fingerprint density at radius 3 is 2.50 bits per heavy atom. The molecule has 2 saturated carbocycles. The lowest BCUT2D eigenvalue weighted by Crippen LogP contribution is -2.31. The first-order valence-electron chi connectivity index (χ1n) is 6.61. The van der Waals surface area contributed by atoms with Crippen LogP contribution in [0.4, 0.5) is 0 Å². The molecule has 81 valence electrons. The van der Waals surface area contributed by atoms with Crippen LogP contribution in [-0.4, -0.2) is 0 Å². The third-order valence-electron chi connectivity index (χ3n) is 4.77. The van der Waals surface area contributed by atoms with Crippen molar-refractivity contribution in [3.63, 3.8) is 0 Å². The fourth-order valence-corrected chi connectivity index (χ4v) is 3.88. The Balaban J connectivity index is 2.03. The van der Waals surface area contributed by atoms with Crippen molar-refractivity contribution in [2.45, 2.75) is 71.6 Å². The summed E-state index contributed by atoms with van der Waals surface area (Å²) in [7, 11) is 0. The van der Waals surface area contributed by atoms with E-state index >= 15 is 0 Å². The molecule has 0 aliphatic heterocycles. The largest absolute Gasteiger partial charge is 0.0648 e. The second kappa shape index (κ2) is 4.24. The molecule has 1 radical (unpaired) electrons. The summed E-state index contributed by atoms with van der Waals surface area (Å²) in [5, 5.41) is 0. The van der Waals surface area contributed by atoms with Crippen LogP contribution in [0.15, 0.2) is 0 Å². The summed E-state index contributed by atoms with van der Waals surface area (Å²) in [5.41, 5.74) is 0.695. The Bertz CT molecular complexity index is 176. The van der Waals surface area contributed by atoms with Crippen molar-refractivity contribution in [2.75, 3.05) is 0 Å². The summed E-state index contributed by atoms with van der Waals surface area (Å²) < 4.78 is 0. The van der Waals surface area contributed by atoms with E-state index in [0.29, 0.717) is 5.41 Å². The van der Waals surface area contributed by atoms with Gasteiger partial charge in [-0.1, -0.05) is 39.5 Å². The summed E-state index contributed by atoms with van der Waals surface area (Å²) >= 11 is 0. The number of rotatable bonds is 2. The minimum Gasteiger partial charge on any atom is -0.0648 e. The van der Waals surface area contributed by atoms with E-state index in [-0.39, 0.29) is 0 Å². The molecule has 0 N–H and O–H groups in total. The minimum absolute atomic E-state index is 0.695. The van der Waals surface area contributed by atoms with E-state index in [4.69, 9.17) is 0 Å². The predicted octanol–water partition coefficient (Wildman–Crippen LogP) is 4.74. The van der Waals surface area contributed by atoms with Gasteiger partial charge >= 0.3 is 0 Å². The van der Waals surface area contributed by atoms with Gasteiger partial charge in [-0.15, -0.1) is 0 Å². The molecule has 0 heterocycles. The van der Waals surface area contributed by atoms with Gasteiger partial charge in [-0.25, -0.2) is 0 Å². The van der Waals surface area contributed by atoms with E-state index in [0.717, 1.165) is 5.92 Å². The summed E-state index contributed by atoms with van der Waals surface area (Å²) in [6.45, 7) is 4.93. The molecule has 0 aromatic carbocycles. The average Bonchev–Trinajstić information content (AvgIpc) is 2.67. The molecule has 0 heteroatoms. The summed E-state index contributed by atoms with van der Waals surface area (Å²) in [4.78, 5) is 0. The SMILES string of the molecule is CC[C]1CCCC1C1(C)CCCCC1. The van der Waals surface area contributed by atoms with Crippen molar-refractivity contribution >= 4 is 0 Å². The molecular weight excluding hydrogens is 168 g/mol. The monoisotopic (exact) mass is 193 g/mol. The Morgan fingerprint density at radius 2 is 1.86 bits per heavy atom. The maximum Gasteiger partial charge on any atom is -0.0207 e. The van der Waals surface area contributed by atoms with Crippen LogP contribution in [0.25, 0.3) is 0 Å². The van der Waals surface area contributed by atoms with Gasteiger partial charge < -0.3 is 0 Å². The lowest BCUT2D eigenvalue weighted by atomic mass is 9.64. The van der Waals surface area contributed by atoms with Crippen molar-refractivity contribution in [3.8, 4) is 0 Å². The van der Waals surface area contributed by atoms with Crippen molar-refractivity contribution < 1.29 is 0 Å². The Morgan fingerprint density at radius 1 is 1.14 bits per heavy atom. The van der Waals surface area contributed by atoms with Crippen LogP contribution in [0, 0.1) is 17.3 Å². The van der Waals surface area contributed by atoms with Gasteiger partial charge in [0, 0.05) is 0 Å². The van der Waals surface area contributed by atoms with E-state index in [1.165, 1.54) is 57.8 Å². The maximum absolute atomic E-state index is 2.57. The number of hydrogen-bond acceptors (Lipinski definition) is 0. The van der Waals surface area contributed by atoms with Gasteiger partial charge in [0.2, 0.25) is 0 Å². The van der Waals surface area contributed by atoms with Crippen molar-refractivity contribution in [1.82, 2.24) is 0 Å². The molecular formula is C14H25. The van der Waals surface area contributed by atoms with Gasteiger partial charge in [0.05, 0.1) is 0 Å². The molecule has 2 aliphatic rings. The number of hydrogen-bond donors (Lipinski definition) is 0. The lowest BCUT2D eigenvalue weighted by Gasteiger charge is -2.41. The fraction of sp³-hybridized carbons (Fsp3) is 0.929. The molecule has 2 fully saturated rings. The highest BCUT2D eigenvalue weighted by atomic mass is 14.5. The van der Waals surface area contributed by atoms with Gasteiger partial charge in [-0.3, -0.25) is 0 Å². The normalized spacial score (nSPS) is 33.4. The highest BCUT2D eigenvalue weighted by Gasteiger charge is 2.41. The van der Waals surface area contributed by atoms with Gasteiger partial charge in [0.1, 0.15) is 0 Å². The molecule has 0 amide bonds. The molecule has 0 spiro atoms. The molecule has 2 rings (SSSR count). The van der Waals surface area contributed by atoms with Crippen molar-refractivity contribution in [2.24, 2.45) is 11.3 Å². The average molecular weight is 193 g/mol. The first-order valence-corrected chi connectivity index (χ1v) is 6.61. The molecule has 0 saturated heterocycles. The van der Waals surface area contributed by atoms with Gasteiger partial charge in [0.25, 0.3) is 0 Å². The second-order valence-electron chi connectivity index (χ2n) is 5.67. The highest BCUT2D eigenvalue weighted by molar-refractivity contribution is 5.07. The zero-order valence-electron chi connectivity index (χ0n) is 9.94. The third kappa shape index (κ3) is 1.85. The minimum atomic E-state index is 0.695. The Labute approximate surface area is 89.5 Å². The van der Waals surface area contributed by atoms with Crippen LogP contribution in [0.2, 0.25) is 0 Å². The molecule has 0 bridgehead atoms. The molecule has 1 unspecified atom stereocenters. The fourth-order valence-electron chi connectivity index (χ4n) is 3.88. The summed E-state index contributed by atoms with van der Waals surface area (Å²) in [6, 6.07) is 0. The first-order chi connectivity index (χ1) is 6.76. The Kier molecular flexibility index (Phi) is 3.19. The van der Waals surface area contributed by atoms with E-state index in [1.54, 1.807) is 0 Å². The van der Waals surface area contributed by atoms with Gasteiger partial charge in [-0.2, -0.15) is 0 Å². The van der Waals surface area contributed by atoms with E-state index in [9.17, 15) is 0 Å². The van der Waals surface area contributed by atoms with Crippen LogP contribution in [0.1, 0.15) is 71.6 Å². The summed E-state index contributed by atoms with van der Waals surface area (Å²) in [6.07, 6.45) is 13.2. The van der Waals surface area contributed by atoms with Crippen LogP contribution >= 0.6 is 0 Å². The topological polar surface area (TPSA) is 0 Å². The summed E-state index contributed by atoms with van der Waals surface area (Å²) in [5.74, 6) is 2.89. The molecule has 14 heavy (non-hydrogen) atoms. The zero-order valence-corrected chi connectivity index (χ0v) is 9.94. The zero-order chi connectivity index (χ0) is 10.0. The lowest BCUT2D eigenvalue weighted by molar-refractivity contribution is 0.131. The van der Waals surface area contributed by atoms with Crippen LogP contribution in [0.3, 0.4) is 0 Å². The third-order valence-corrected chi connectivity index (χ3v) is 4.77. The Hall–Kier alpha value is 0. The smallest absolute Gasteiger partial charge is 0.0207 e. The van der Waals surface area contributed by atoms with E-state index in [2.05, 4.69) is 13.8 Å². The van der Waals surface area contributed by atoms with Crippen LogP contribution in [-0.2, 0) is 0 Å². The standard InChI is InChI=1S/C14H25/c1-3-12-8-7-9-13(12)14(2)10-5-4-6-11-14/h13H,3-11H2,1-2H3. The maximum atomic E-state index is 2.57. The molecule has 2 aliphatic carbocycles. The van der Waals surface area contributed by atoms with E-state index < -0.39 is 0 Å². The highest BCUT2D eigenvalue weighted by Crippen LogP contribution is 2.52. The van der Waals surface area contributed by atoms with Gasteiger partial charge in [-0.05, 0) is 49.4 Å². The van der Waals surface area contributed by atoms with Crippen molar-refractivity contribution in [3.05, 3.63) is 5.92 Å².